The first-order valence-electron chi connectivity index (χ1n) is 6.61. The van der Waals surface area contributed by atoms with Crippen molar-refractivity contribution in [1.29, 1.82) is 1.43 Å². The van der Waals surface area contributed by atoms with Gasteiger partial charge >= 0.3 is 0 Å². The smallest absolute Gasteiger partial charge is 0.211 e. The second-order valence-corrected chi connectivity index (χ2v) is 11.1. The summed E-state index contributed by atoms with van der Waals surface area (Å²) in [5, 5.41) is 14.0. The molecule has 0 aromatic carbocycles. The molecule has 0 aliphatic carbocycles. The summed E-state index contributed by atoms with van der Waals surface area (Å²) in [4.78, 5) is 0. The van der Waals surface area contributed by atoms with E-state index in [0.29, 0.717) is 0 Å². The minimum Gasteiger partial charge on any atom is -0.409 e. The Morgan fingerprint density at radius 1 is 1.47 bits per heavy atom. The third-order valence-electron chi connectivity index (χ3n) is 3.96. The molecule has 1 saturated heterocycles. The first kappa shape index (κ1) is 13.6. The minimum atomic E-state index is -1.94. The molecule has 0 radical (unpaired) electrons. The molecule has 1 rings (SSSR count). The molecule has 0 amide bonds. The Balaban J connectivity index is 2.82. The van der Waals surface area contributed by atoms with Crippen molar-refractivity contribution in [1.82, 2.24) is 0 Å². The van der Waals surface area contributed by atoms with E-state index in [4.69, 9.17) is 15.7 Å². The number of rotatable bonds is 4. The third-order valence-corrected chi connectivity index (χ3v) is 8.43. The molecule has 17 heavy (non-hydrogen) atoms. The standard InChI is InChI=1S/C11H25BO4Si/c1-11(2,3)17(4,5)16-9-8(14)7(6-13)15-10(9)12/h7-10,13-14H,6,12H2,1-5H3/t7-,8?,9+,10-/m1/s1/i14D. The van der Waals surface area contributed by atoms with Crippen LogP contribution in [0.1, 0.15) is 20.8 Å². The normalized spacial score (nSPS) is 36.0. The summed E-state index contributed by atoms with van der Waals surface area (Å²) in [5.74, 6) is 0. The number of hydrogen-bond donors (Lipinski definition) is 2. The van der Waals surface area contributed by atoms with Gasteiger partial charge in [-0.25, -0.2) is 0 Å². The second-order valence-electron chi connectivity index (χ2n) is 6.37. The van der Waals surface area contributed by atoms with Gasteiger partial charge in [0.15, 0.2) is 8.32 Å². The van der Waals surface area contributed by atoms with Crippen LogP contribution >= 0.6 is 0 Å². The summed E-state index contributed by atoms with van der Waals surface area (Å²) in [6.07, 6.45) is -1.26. The quantitative estimate of drug-likeness (QED) is 0.704. The van der Waals surface area contributed by atoms with Crippen LogP contribution in [-0.2, 0) is 9.16 Å². The molecule has 0 spiro atoms. The molecule has 1 aliphatic rings. The Morgan fingerprint density at radius 2 is 2.06 bits per heavy atom. The lowest BCUT2D eigenvalue weighted by Gasteiger charge is -2.39. The molecule has 4 atom stereocenters. The van der Waals surface area contributed by atoms with E-state index in [0.717, 1.165) is 0 Å². The van der Waals surface area contributed by atoms with Crippen LogP contribution in [-0.4, -0.2) is 58.7 Å². The average molecular weight is 261 g/mol. The minimum absolute atomic E-state index is 0.0938. The summed E-state index contributed by atoms with van der Waals surface area (Å²) >= 11 is 0. The van der Waals surface area contributed by atoms with Gasteiger partial charge < -0.3 is 19.4 Å². The molecular weight excluding hydrogens is 235 g/mol. The zero-order valence-electron chi connectivity index (χ0n) is 12.7. The molecule has 1 fully saturated rings. The van der Waals surface area contributed by atoms with Gasteiger partial charge in [0.1, 0.15) is 20.1 Å². The third kappa shape index (κ3) is 3.12. The molecule has 1 aliphatic heterocycles. The molecule has 1 heterocycles. The Labute approximate surface area is 107 Å². The monoisotopic (exact) mass is 261 g/mol. The molecule has 0 aromatic heterocycles. The van der Waals surface area contributed by atoms with Crippen molar-refractivity contribution in [2.45, 2.75) is 63.2 Å². The van der Waals surface area contributed by atoms with Crippen LogP contribution in [0.5, 0.6) is 0 Å². The van der Waals surface area contributed by atoms with Gasteiger partial charge in [0, 0.05) is 0 Å². The maximum Gasteiger partial charge on any atom is 0.211 e. The first-order chi connectivity index (χ1) is 8.14. The Morgan fingerprint density at radius 3 is 2.47 bits per heavy atom. The van der Waals surface area contributed by atoms with Gasteiger partial charge in [-0.05, 0) is 18.1 Å². The van der Waals surface area contributed by atoms with Crippen molar-refractivity contribution < 1.29 is 19.4 Å². The average Bonchev–Trinajstić information content (AvgIpc) is 2.53. The lowest BCUT2D eigenvalue weighted by Crippen LogP contribution is -2.49. The van der Waals surface area contributed by atoms with Gasteiger partial charge in [0.05, 0.1) is 18.7 Å². The Kier molecular flexibility index (Phi) is 3.99. The fourth-order valence-electron chi connectivity index (χ4n) is 1.74. The predicted molar refractivity (Wildman–Crippen MR) is 72.4 cm³/mol. The zero-order valence-corrected chi connectivity index (χ0v) is 12.7. The number of hydrogen-bond acceptors (Lipinski definition) is 4. The molecule has 0 aromatic rings. The Hall–Kier alpha value is 0.122. The van der Waals surface area contributed by atoms with Crippen LogP contribution in [0.25, 0.3) is 0 Å². The number of ether oxygens (including phenoxy) is 1. The SMILES string of the molecule is [2H]OC1[C@@H](CO)O[C@@H](B)[C@H]1O[Si](C)(C)C(C)(C)C. The fourth-order valence-corrected chi connectivity index (χ4v) is 3.10. The predicted octanol–water partition coefficient (Wildman–Crippen LogP) is 0.0880. The van der Waals surface area contributed by atoms with Gasteiger partial charge in [-0.3, -0.25) is 0 Å². The highest BCUT2D eigenvalue weighted by molar-refractivity contribution is 6.74. The molecule has 100 valence electrons. The van der Waals surface area contributed by atoms with Gasteiger partial charge in [-0.15, -0.1) is 0 Å². The van der Waals surface area contributed by atoms with Crippen LogP contribution < -0.4 is 0 Å². The Bertz CT molecular complexity index is 285. The van der Waals surface area contributed by atoms with Gasteiger partial charge in [0.25, 0.3) is 0 Å². The number of aliphatic hydroxyl groups is 2. The van der Waals surface area contributed by atoms with Crippen molar-refractivity contribution >= 4 is 16.2 Å². The molecular formula is C11H25BO4Si. The van der Waals surface area contributed by atoms with E-state index in [9.17, 15) is 5.11 Å². The van der Waals surface area contributed by atoms with Crippen LogP contribution in [0.3, 0.4) is 0 Å². The van der Waals surface area contributed by atoms with E-state index in [1.165, 1.54) is 0 Å². The van der Waals surface area contributed by atoms with E-state index in [1.807, 2.05) is 7.85 Å². The van der Waals surface area contributed by atoms with Crippen molar-refractivity contribution in [2.75, 3.05) is 6.61 Å². The zero-order chi connectivity index (χ0) is 14.1. The van der Waals surface area contributed by atoms with E-state index in [1.54, 1.807) is 0 Å². The van der Waals surface area contributed by atoms with E-state index < -0.39 is 20.5 Å². The fraction of sp³-hybridized carbons (Fsp3) is 1.00. The van der Waals surface area contributed by atoms with E-state index in [-0.39, 0.29) is 23.8 Å². The molecule has 6 heteroatoms. The largest absolute Gasteiger partial charge is 0.409 e. The maximum atomic E-state index is 9.23. The van der Waals surface area contributed by atoms with Crippen LogP contribution in [0.15, 0.2) is 0 Å². The summed E-state index contributed by atoms with van der Waals surface area (Å²) < 4.78 is 19.0. The summed E-state index contributed by atoms with van der Waals surface area (Å²) in [6.45, 7) is 10.7. The lowest BCUT2D eigenvalue weighted by molar-refractivity contribution is -0.00796. The molecule has 0 bridgehead atoms. The van der Waals surface area contributed by atoms with Crippen molar-refractivity contribution in [3.05, 3.63) is 0 Å². The van der Waals surface area contributed by atoms with Crippen LogP contribution in [0, 0.1) is 0 Å². The van der Waals surface area contributed by atoms with Crippen LogP contribution in [0.4, 0.5) is 0 Å². The highest BCUT2D eigenvalue weighted by Gasteiger charge is 2.47. The van der Waals surface area contributed by atoms with Gasteiger partial charge in [-0.1, -0.05) is 20.8 Å². The topological polar surface area (TPSA) is 58.9 Å². The molecule has 4 nitrogen and oxygen atoms in total. The van der Waals surface area contributed by atoms with Crippen molar-refractivity contribution in [3.63, 3.8) is 0 Å². The maximum absolute atomic E-state index is 9.23. The van der Waals surface area contributed by atoms with Crippen LogP contribution in [0.2, 0.25) is 18.1 Å². The first-order valence-corrected chi connectivity index (χ1v) is 9.11. The highest BCUT2D eigenvalue weighted by Crippen LogP contribution is 2.39. The summed E-state index contributed by atoms with van der Waals surface area (Å²) in [5.41, 5.74) is 0. The molecule has 2 N–H and O–H groups in total. The van der Waals surface area contributed by atoms with Gasteiger partial charge in [-0.2, -0.15) is 0 Å². The molecule has 0 saturated carbocycles. The van der Waals surface area contributed by atoms with E-state index >= 15 is 0 Å². The van der Waals surface area contributed by atoms with E-state index in [2.05, 4.69) is 33.9 Å². The van der Waals surface area contributed by atoms with Crippen molar-refractivity contribution in [2.24, 2.45) is 0 Å². The second kappa shape index (κ2) is 5.01. The summed E-state index contributed by atoms with van der Waals surface area (Å²) in [7, 11) is -0.0349. The van der Waals surface area contributed by atoms with Gasteiger partial charge in [0.2, 0.25) is 1.43 Å². The summed E-state index contributed by atoms with van der Waals surface area (Å²) in [6, 6.07) is -0.161. The van der Waals surface area contributed by atoms with Crippen molar-refractivity contribution in [3.8, 4) is 0 Å². The number of aliphatic hydroxyl groups excluding tert-OH is 2. The lowest BCUT2D eigenvalue weighted by atomic mass is 9.93. The highest BCUT2D eigenvalue weighted by atomic mass is 28.4. The molecule has 1 unspecified atom stereocenters.